The molecule has 3 rings (SSSR count). The molecule has 0 aromatic heterocycles. The lowest BCUT2D eigenvalue weighted by Gasteiger charge is -2.31. The van der Waals surface area contributed by atoms with Gasteiger partial charge in [0, 0.05) is 6.54 Å². The number of hydroxylamine groups is 2. The fourth-order valence-electron chi connectivity index (χ4n) is 2.93. The second-order valence-electron chi connectivity index (χ2n) is 4.78. The number of hydrogen-bond donors (Lipinski definition) is 1. The van der Waals surface area contributed by atoms with Gasteiger partial charge in [0.25, 0.3) is 0 Å². The van der Waals surface area contributed by atoms with Gasteiger partial charge in [-0.05, 0) is 31.4 Å². The van der Waals surface area contributed by atoms with E-state index in [2.05, 4.69) is 17.0 Å². The predicted octanol–water partition coefficient (Wildman–Crippen LogP) is 2.24. The number of piperidine rings is 1. The summed E-state index contributed by atoms with van der Waals surface area (Å²) in [6, 6.07) is 10.5. The SMILES string of the molecule is ON1C(c2ccccc2)CN2CCCCC21. The highest BCUT2D eigenvalue weighted by molar-refractivity contribution is 5.20. The molecule has 0 aliphatic carbocycles. The molecule has 2 saturated heterocycles. The first-order chi connectivity index (χ1) is 7.86. The van der Waals surface area contributed by atoms with Crippen molar-refractivity contribution in [1.82, 2.24) is 9.96 Å². The van der Waals surface area contributed by atoms with E-state index in [0.29, 0.717) is 0 Å². The molecule has 0 radical (unpaired) electrons. The maximum atomic E-state index is 10.2. The largest absolute Gasteiger partial charge is 0.312 e. The molecule has 2 atom stereocenters. The summed E-state index contributed by atoms with van der Waals surface area (Å²) in [4.78, 5) is 2.40. The van der Waals surface area contributed by atoms with Crippen molar-refractivity contribution >= 4 is 0 Å². The molecule has 3 nitrogen and oxygen atoms in total. The summed E-state index contributed by atoms with van der Waals surface area (Å²) in [5.41, 5.74) is 1.22. The fourth-order valence-corrected chi connectivity index (χ4v) is 2.93. The maximum Gasteiger partial charge on any atom is 0.0873 e. The van der Waals surface area contributed by atoms with Crippen molar-refractivity contribution in [3.8, 4) is 0 Å². The molecule has 2 aliphatic heterocycles. The molecule has 1 aromatic rings. The van der Waals surface area contributed by atoms with Gasteiger partial charge in [0.1, 0.15) is 0 Å². The van der Waals surface area contributed by atoms with E-state index in [1.807, 2.05) is 18.2 Å². The summed E-state index contributed by atoms with van der Waals surface area (Å²) in [6.45, 7) is 2.09. The van der Waals surface area contributed by atoms with Crippen molar-refractivity contribution < 1.29 is 5.21 Å². The number of hydrogen-bond acceptors (Lipinski definition) is 3. The van der Waals surface area contributed by atoms with Crippen molar-refractivity contribution in [2.24, 2.45) is 0 Å². The molecule has 86 valence electrons. The first-order valence-corrected chi connectivity index (χ1v) is 6.12. The highest BCUT2D eigenvalue weighted by Gasteiger charge is 2.40. The van der Waals surface area contributed by atoms with Gasteiger partial charge in [0.05, 0.1) is 12.2 Å². The average Bonchev–Trinajstić information content (AvgIpc) is 2.69. The lowest BCUT2D eigenvalue weighted by Crippen LogP contribution is -2.40. The van der Waals surface area contributed by atoms with Gasteiger partial charge in [-0.25, -0.2) is 0 Å². The molecule has 2 aliphatic rings. The van der Waals surface area contributed by atoms with Gasteiger partial charge < -0.3 is 5.21 Å². The monoisotopic (exact) mass is 218 g/mol. The first-order valence-electron chi connectivity index (χ1n) is 6.12. The standard InChI is InChI=1S/C13H18N2O/c16-15-12(11-6-2-1-3-7-11)10-14-9-5-4-8-13(14)15/h1-3,6-7,12-13,16H,4-5,8-10H2. The third kappa shape index (κ3) is 1.65. The van der Waals surface area contributed by atoms with Crippen molar-refractivity contribution in [2.45, 2.75) is 31.5 Å². The van der Waals surface area contributed by atoms with Crippen LogP contribution in [0.5, 0.6) is 0 Å². The van der Waals surface area contributed by atoms with E-state index >= 15 is 0 Å². The molecule has 2 heterocycles. The van der Waals surface area contributed by atoms with Crippen LogP contribution in [-0.2, 0) is 0 Å². The normalized spacial score (nSPS) is 31.6. The van der Waals surface area contributed by atoms with Crippen LogP contribution < -0.4 is 0 Å². The molecule has 3 heteroatoms. The Morgan fingerprint density at radius 1 is 1.12 bits per heavy atom. The Morgan fingerprint density at radius 2 is 1.94 bits per heavy atom. The third-order valence-corrected chi connectivity index (χ3v) is 3.80. The minimum atomic E-state index is 0.157. The molecule has 0 spiro atoms. The number of nitrogens with zero attached hydrogens (tertiary/aromatic N) is 2. The van der Waals surface area contributed by atoms with Crippen LogP contribution in [-0.4, -0.2) is 34.4 Å². The summed E-state index contributed by atoms with van der Waals surface area (Å²) in [6.07, 6.45) is 3.85. The lowest BCUT2D eigenvalue weighted by atomic mass is 10.1. The highest BCUT2D eigenvalue weighted by atomic mass is 16.5. The van der Waals surface area contributed by atoms with E-state index in [-0.39, 0.29) is 12.2 Å². The summed E-state index contributed by atoms with van der Waals surface area (Å²) in [7, 11) is 0. The van der Waals surface area contributed by atoms with Crippen LogP contribution in [0.3, 0.4) is 0 Å². The van der Waals surface area contributed by atoms with E-state index in [1.54, 1.807) is 5.06 Å². The molecule has 0 bridgehead atoms. The molecule has 2 fully saturated rings. The fraction of sp³-hybridized carbons (Fsp3) is 0.538. The maximum absolute atomic E-state index is 10.2. The van der Waals surface area contributed by atoms with Gasteiger partial charge in [-0.1, -0.05) is 30.3 Å². The van der Waals surface area contributed by atoms with Crippen LogP contribution >= 0.6 is 0 Å². The minimum absolute atomic E-state index is 0.157. The summed E-state index contributed by atoms with van der Waals surface area (Å²) in [5, 5.41) is 11.8. The number of fused-ring (bicyclic) bond motifs is 1. The van der Waals surface area contributed by atoms with Crippen LogP contribution in [0.25, 0.3) is 0 Å². The lowest BCUT2D eigenvalue weighted by molar-refractivity contribution is -0.157. The molecule has 2 unspecified atom stereocenters. The van der Waals surface area contributed by atoms with Crippen molar-refractivity contribution in [3.63, 3.8) is 0 Å². The highest BCUT2D eigenvalue weighted by Crippen LogP contribution is 2.34. The summed E-state index contributed by atoms with van der Waals surface area (Å²) in [5.74, 6) is 0. The van der Waals surface area contributed by atoms with Gasteiger partial charge in [-0.15, -0.1) is 0 Å². The predicted molar refractivity (Wildman–Crippen MR) is 62.0 cm³/mol. The third-order valence-electron chi connectivity index (χ3n) is 3.80. The van der Waals surface area contributed by atoms with E-state index < -0.39 is 0 Å². The smallest absolute Gasteiger partial charge is 0.0873 e. The Labute approximate surface area is 96.2 Å². The first kappa shape index (κ1) is 10.3. The van der Waals surface area contributed by atoms with Gasteiger partial charge in [0.2, 0.25) is 0 Å². The quantitative estimate of drug-likeness (QED) is 0.783. The number of rotatable bonds is 1. The van der Waals surface area contributed by atoms with E-state index in [9.17, 15) is 5.21 Å². The zero-order chi connectivity index (χ0) is 11.0. The van der Waals surface area contributed by atoms with Gasteiger partial charge in [-0.3, -0.25) is 4.90 Å². The van der Waals surface area contributed by atoms with E-state index in [0.717, 1.165) is 19.5 Å². The number of benzene rings is 1. The topological polar surface area (TPSA) is 26.7 Å². The van der Waals surface area contributed by atoms with Crippen molar-refractivity contribution in [2.75, 3.05) is 13.1 Å². The van der Waals surface area contributed by atoms with Gasteiger partial charge >= 0.3 is 0 Å². The second-order valence-corrected chi connectivity index (χ2v) is 4.78. The molecule has 1 aromatic carbocycles. The molecule has 0 saturated carbocycles. The molecular weight excluding hydrogens is 200 g/mol. The van der Waals surface area contributed by atoms with Crippen molar-refractivity contribution in [3.05, 3.63) is 35.9 Å². The molecular formula is C13H18N2O. The Hall–Kier alpha value is -0.900. The molecule has 1 N–H and O–H groups in total. The van der Waals surface area contributed by atoms with Crippen LogP contribution in [0, 0.1) is 0 Å². The Kier molecular flexibility index (Phi) is 2.67. The zero-order valence-corrected chi connectivity index (χ0v) is 9.42. The van der Waals surface area contributed by atoms with Crippen LogP contribution in [0.2, 0.25) is 0 Å². The van der Waals surface area contributed by atoms with Crippen LogP contribution in [0.15, 0.2) is 30.3 Å². The van der Waals surface area contributed by atoms with Crippen LogP contribution in [0.4, 0.5) is 0 Å². The van der Waals surface area contributed by atoms with E-state index in [1.165, 1.54) is 18.4 Å². The summed E-state index contributed by atoms with van der Waals surface area (Å²) < 4.78 is 0. The van der Waals surface area contributed by atoms with E-state index in [4.69, 9.17) is 0 Å². The van der Waals surface area contributed by atoms with Gasteiger partial charge in [-0.2, -0.15) is 5.06 Å². The van der Waals surface area contributed by atoms with Crippen molar-refractivity contribution in [1.29, 1.82) is 0 Å². The zero-order valence-electron chi connectivity index (χ0n) is 9.42. The molecule has 0 amide bonds. The average molecular weight is 218 g/mol. The second kappa shape index (κ2) is 4.17. The Bertz CT molecular complexity index is 354. The van der Waals surface area contributed by atoms with Crippen LogP contribution in [0.1, 0.15) is 30.9 Å². The van der Waals surface area contributed by atoms with Gasteiger partial charge in [0.15, 0.2) is 0 Å². The Balaban J connectivity index is 1.83. The summed E-state index contributed by atoms with van der Waals surface area (Å²) >= 11 is 0. The minimum Gasteiger partial charge on any atom is -0.312 e. The molecule has 16 heavy (non-hydrogen) atoms. The Morgan fingerprint density at radius 3 is 2.69 bits per heavy atom.